The molecule has 1 aromatic carbocycles. The van der Waals surface area contributed by atoms with Gasteiger partial charge in [-0.25, -0.2) is 4.39 Å². The fraction of sp³-hybridized carbons (Fsp3) is 0.526. The Bertz CT molecular complexity index is 769. The Balaban J connectivity index is 1.45. The van der Waals surface area contributed by atoms with Crippen molar-refractivity contribution in [2.75, 3.05) is 46.1 Å². The summed E-state index contributed by atoms with van der Waals surface area (Å²) in [5.41, 5.74) is 0. The van der Waals surface area contributed by atoms with Crippen LogP contribution in [0.4, 0.5) is 4.39 Å². The number of halogens is 1. The summed E-state index contributed by atoms with van der Waals surface area (Å²) < 4.78 is 25.7. The molecule has 2 aliphatic heterocycles. The SMILES string of the molecule is O=C(NC[C@H]([C@@H]1CCOC1)N1CCOCC1)c1cc2c(F)cccc2s1. The lowest BCUT2D eigenvalue weighted by Crippen LogP contribution is -2.52. The van der Waals surface area contributed by atoms with Crippen LogP contribution in [0.5, 0.6) is 0 Å². The lowest BCUT2D eigenvalue weighted by Gasteiger charge is -2.37. The number of thiophene rings is 1. The zero-order valence-electron chi connectivity index (χ0n) is 14.6. The molecule has 5 nitrogen and oxygen atoms in total. The third-order valence-electron chi connectivity index (χ3n) is 5.23. The highest BCUT2D eigenvalue weighted by Crippen LogP contribution is 2.28. The maximum absolute atomic E-state index is 13.9. The van der Waals surface area contributed by atoms with Crippen LogP contribution in [-0.2, 0) is 9.47 Å². The van der Waals surface area contributed by atoms with Crippen LogP contribution >= 0.6 is 11.3 Å². The highest BCUT2D eigenvalue weighted by atomic mass is 32.1. The molecule has 7 heteroatoms. The minimum absolute atomic E-state index is 0.136. The first-order valence-electron chi connectivity index (χ1n) is 9.08. The second-order valence-electron chi connectivity index (χ2n) is 6.81. The summed E-state index contributed by atoms with van der Waals surface area (Å²) in [5.74, 6) is 0.00289. The molecule has 3 heterocycles. The molecular weight excluding hydrogens is 355 g/mol. The molecule has 0 bridgehead atoms. The van der Waals surface area contributed by atoms with E-state index in [2.05, 4.69) is 10.2 Å². The van der Waals surface area contributed by atoms with Crippen molar-refractivity contribution in [1.82, 2.24) is 10.2 Å². The summed E-state index contributed by atoms with van der Waals surface area (Å²) in [6.45, 7) is 5.32. The van der Waals surface area contributed by atoms with Gasteiger partial charge in [-0.2, -0.15) is 0 Å². The van der Waals surface area contributed by atoms with Gasteiger partial charge < -0.3 is 14.8 Å². The Morgan fingerprint density at radius 2 is 2.15 bits per heavy atom. The molecule has 4 rings (SSSR count). The topological polar surface area (TPSA) is 50.8 Å². The van der Waals surface area contributed by atoms with Crippen LogP contribution in [0.3, 0.4) is 0 Å². The van der Waals surface area contributed by atoms with Gasteiger partial charge in [0, 0.05) is 48.3 Å². The van der Waals surface area contributed by atoms with Crippen molar-refractivity contribution in [2.45, 2.75) is 12.5 Å². The number of ether oxygens (including phenoxy) is 2. The second kappa shape index (κ2) is 8.00. The Labute approximate surface area is 156 Å². The van der Waals surface area contributed by atoms with Gasteiger partial charge in [0.15, 0.2) is 0 Å². The standard InChI is InChI=1S/C19H23FN2O3S/c20-15-2-1-3-17-14(15)10-18(26-17)19(23)21-11-16(13-4-7-25-12-13)22-5-8-24-9-6-22/h1-3,10,13,16H,4-9,11-12H2,(H,21,23)/t13-,16-/m1/s1. The lowest BCUT2D eigenvalue weighted by atomic mass is 9.97. The van der Waals surface area contributed by atoms with Gasteiger partial charge in [-0.15, -0.1) is 11.3 Å². The van der Waals surface area contributed by atoms with E-state index >= 15 is 0 Å². The summed E-state index contributed by atoms with van der Waals surface area (Å²) in [6.07, 6.45) is 1.02. The average Bonchev–Trinajstić information content (AvgIpc) is 3.33. The van der Waals surface area contributed by atoms with Crippen molar-refractivity contribution >= 4 is 27.3 Å². The minimum Gasteiger partial charge on any atom is -0.381 e. The van der Waals surface area contributed by atoms with Gasteiger partial charge in [-0.3, -0.25) is 9.69 Å². The second-order valence-corrected chi connectivity index (χ2v) is 7.90. The predicted molar refractivity (Wildman–Crippen MR) is 99.2 cm³/mol. The number of nitrogens with one attached hydrogen (secondary N) is 1. The van der Waals surface area contributed by atoms with E-state index in [9.17, 15) is 9.18 Å². The maximum Gasteiger partial charge on any atom is 0.261 e. The Morgan fingerprint density at radius 3 is 2.88 bits per heavy atom. The molecular formula is C19H23FN2O3S. The van der Waals surface area contributed by atoms with Gasteiger partial charge in [-0.1, -0.05) is 6.07 Å². The van der Waals surface area contributed by atoms with Crippen molar-refractivity contribution in [3.05, 3.63) is 35.0 Å². The molecule has 1 N–H and O–H groups in total. The molecule has 2 atom stereocenters. The van der Waals surface area contributed by atoms with Crippen LogP contribution in [-0.4, -0.2) is 62.9 Å². The fourth-order valence-corrected chi connectivity index (χ4v) is 4.77. The van der Waals surface area contributed by atoms with E-state index < -0.39 is 0 Å². The van der Waals surface area contributed by atoms with Crippen molar-refractivity contribution in [3.8, 4) is 0 Å². The quantitative estimate of drug-likeness (QED) is 0.869. The number of nitrogens with zero attached hydrogens (tertiary/aromatic N) is 1. The van der Waals surface area contributed by atoms with Gasteiger partial charge in [-0.05, 0) is 24.6 Å². The van der Waals surface area contributed by atoms with Crippen LogP contribution in [0.25, 0.3) is 10.1 Å². The summed E-state index contributed by atoms with van der Waals surface area (Å²) in [4.78, 5) is 15.6. The van der Waals surface area contributed by atoms with E-state index in [1.54, 1.807) is 12.1 Å². The van der Waals surface area contributed by atoms with E-state index in [1.165, 1.54) is 17.4 Å². The maximum atomic E-state index is 13.9. The molecule has 26 heavy (non-hydrogen) atoms. The number of amides is 1. The number of fused-ring (bicyclic) bond motifs is 1. The molecule has 0 radical (unpaired) electrons. The van der Waals surface area contributed by atoms with Crippen molar-refractivity contribution in [3.63, 3.8) is 0 Å². The number of carbonyl (C=O) groups excluding carboxylic acids is 1. The molecule has 2 saturated heterocycles. The van der Waals surface area contributed by atoms with Crippen molar-refractivity contribution in [1.29, 1.82) is 0 Å². The minimum atomic E-state index is -0.285. The van der Waals surface area contributed by atoms with E-state index in [-0.39, 0.29) is 17.8 Å². The Morgan fingerprint density at radius 1 is 1.31 bits per heavy atom. The molecule has 0 saturated carbocycles. The average molecular weight is 378 g/mol. The molecule has 140 valence electrons. The van der Waals surface area contributed by atoms with E-state index in [0.717, 1.165) is 50.6 Å². The van der Waals surface area contributed by atoms with Gasteiger partial charge in [0.05, 0.1) is 24.7 Å². The summed E-state index contributed by atoms with van der Waals surface area (Å²) in [6, 6.07) is 6.83. The van der Waals surface area contributed by atoms with Gasteiger partial charge in [0.2, 0.25) is 0 Å². The van der Waals surface area contributed by atoms with E-state index in [1.807, 2.05) is 6.07 Å². The first kappa shape index (κ1) is 17.9. The largest absolute Gasteiger partial charge is 0.381 e. The predicted octanol–water partition coefficient (Wildman–Crippen LogP) is 2.51. The first-order valence-corrected chi connectivity index (χ1v) is 9.90. The molecule has 0 spiro atoms. The van der Waals surface area contributed by atoms with Gasteiger partial charge in [0.1, 0.15) is 5.82 Å². The Hall–Kier alpha value is -1.54. The number of carbonyl (C=O) groups is 1. The number of hydrogen-bond donors (Lipinski definition) is 1. The normalized spacial score (nSPS) is 22.6. The molecule has 2 fully saturated rings. The highest BCUT2D eigenvalue weighted by molar-refractivity contribution is 7.20. The Kier molecular flexibility index (Phi) is 5.49. The van der Waals surface area contributed by atoms with Gasteiger partial charge >= 0.3 is 0 Å². The lowest BCUT2D eigenvalue weighted by molar-refractivity contribution is 0.00167. The van der Waals surface area contributed by atoms with Crippen LogP contribution in [0.15, 0.2) is 24.3 Å². The summed E-state index contributed by atoms with van der Waals surface area (Å²) in [5, 5.41) is 3.58. The van der Waals surface area contributed by atoms with Gasteiger partial charge in [0.25, 0.3) is 5.91 Å². The van der Waals surface area contributed by atoms with Crippen LogP contribution in [0.2, 0.25) is 0 Å². The monoisotopic (exact) mass is 378 g/mol. The number of rotatable bonds is 5. The molecule has 1 aromatic heterocycles. The van der Waals surface area contributed by atoms with Crippen LogP contribution in [0.1, 0.15) is 16.1 Å². The molecule has 0 aliphatic carbocycles. The van der Waals surface area contributed by atoms with Crippen molar-refractivity contribution in [2.24, 2.45) is 5.92 Å². The van der Waals surface area contributed by atoms with E-state index in [4.69, 9.17) is 9.47 Å². The number of benzene rings is 1. The van der Waals surface area contributed by atoms with Crippen molar-refractivity contribution < 1.29 is 18.7 Å². The zero-order valence-corrected chi connectivity index (χ0v) is 15.4. The fourth-order valence-electron chi connectivity index (χ4n) is 3.78. The third kappa shape index (κ3) is 3.76. The first-order chi connectivity index (χ1) is 12.7. The summed E-state index contributed by atoms with van der Waals surface area (Å²) >= 11 is 1.33. The van der Waals surface area contributed by atoms with Crippen LogP contribution < -0.4 is 5.32 Å². The van der Waals surface area contributed by atoms with Crippen LogP contribution in [0, 0.1) is 11.7 Å². The van der Waals surface area contributed by atoms with E-state index in [0.29, 0.717) is 22.7 Å². The summed E-state index contributed by atoms with van der Waals surface area (Å²) in [7, 11) is 0. The number of hydrogen-bond acceptors (Lipinski definition) is 5. The highest BCUT2D eigenvalue weighted by Gasteiger charge is 2.32. The number of morpholine rings is 1. The molecule has 2 aromatic rings. The molecule has 1 amide bonds. The molecule has 0 unspecified atom stereocenters. The third-order valence-corrected chi connectivity index (χ3v) is 6.33. The smallest absolute Gasteiger partial charge is 0.261 e. The molecule has 2 aliphatic rings. The zero-order chi connectivity index (χ0) is 17.9.